The lowest BCUT2D eigenvalue weighted by Crippen LogP contribution is -2.38. The van der Waals surface area contributed by atoms with Crippen LogP contribution in [0.5, 0.6) is 0 Å². The van der Waals surface area contributed by atoms with Gasteiger partial charge in [0.25, 0.3) is 5.91 Å². The number of fused-ring (bicyclic) bond motifs is 1. The number of hydrogen-bond donors (Lipinski definition) is 4. The van der Waals surface area contributed by atoms with Crippen LogP contribution in [0.25, 0.3) is 11.0 Å². The Labute approximate surface area is 168 Å². The van der Waals surface area contributed by atoms with Gasteiger partial charge in [0, 0.05) is 32.0 Å². The molecule has 0 atom stereocenters. The van der Waals surface area contributed by atoms with Crippen LogP contribution < -0.4 is 15.7 Å². The Morgan fingerprint density at radius 1 is 1.28 bits per heavy atom. The number of aryl methyl sites for hydroxylation is 1. The number of aromatic amines is 1. The van der Waals surface area contributed by atoms with E-state index in [1.54, 1.807) is 5.48 Å². The van der Waals surface area contributed by atoms with Gasteiger partial charge in [-0.2, -0.15) is 0 Å². The average Bonchev–Trinajstić information content (AvgIpc) is 3.13. The van der Waals surface area contributed by atoms with E-state index >= 15 is 0 Å². The number of anilines is 1. The normalized spacial score (nSPS) is 15.0. The number of piperidine rings is 1. The monoisotopic (exact) mass is 395 g/mol. The minimum Gasteiger partial charge on any atom is -0.342 e. The van der Waals surface area contributed by atoms with Gasteiger partial charge in [-0.15, -0.1) is 0 Å². The minimum absolute atomic E-state index is 0.235. The standard InChI is InChI=1S/C20H25N7O2/c1-13-24-17-3-2-15(8-18(17)25-13)10-21-9-14-4-6-27(7-5-14)20-22-11-16(12-23-20)19(28)26-29/h2-3,8,11-12,14,21,29H,4-7,9-10H2,1H3,(H,24,25)(H,26,28). The van der Waals surface area contributed by atoms with Crippen LogP contribution in [-0.4, -0.2) is 50.7 Å². The van der Waals surface area contributed by atoms with Gasteiger partial charge in [-0.1, -0.05) is 6.07 Å². The Bertz CT molecular complexity index is 978. The van der Waals surface area contributed by atoms with Crippen LogP contribution in [0.1, 0.15) is 34.6 Å². The number of imidazole rings is 1. The summed E-state index contributed by atoms with van der Waals surface area (Å²) in [6.45, 7) is 5.56. The zero-order valence-electron chi connectivity index (χ0n) is 16.4. The Kier molecular flexibility index (Phi) is 5.68. The molecule has 9 heteroatoms. The van der Waals surface area contributed by atoms with Gasteiger partial charge >= 0.3 is 0 Å². The molecule has 0 bridgehead atoms. The first kappa shape index (κ1) is 19.3. The Morgan fingerprint density at radius 3 is 2.76 bits per heavy atom. The van der Waals surface area contributed by atoms with Gasteiger partial charge in [-0.05, 0) is 49.9 Å². The summed E-state index contributed by atoms with van der Waals surface area (Å²) in [6, 6.07) is 6.34. The second-order valence-electron chi connectivity index (χ2n) is 7.45. The lowest BCUT2D eigenvalue weighted by Gasteiger charge is -2.32. The van der Waals surface area contributed by atoms with Crippen molar-refractivity contribution in [3.8, 4) is 0 Å². The van der Waals surface area contributed by atoms with Gasteiger partial charge in [-0.25, -0.2) is 20.4 Å². The lowest BCUT2D eigenvalue weighted by molar-refractivity contribution is 0.0705. The molecule has 1 aliphatic heterocycles. The topological polar surface area (TPSA) is 119 Å². The third-order valence-corrected chi connectivity index (χ3v) is 5.33. The summed E-state index contributed by atoms with van der Waals surface area (Å²) in [5, 5.41) is 12.2. The molecule has 0 radical (unpaired) electrons. The first-order valence-electron chi connectivity index (χ1n) is 9.80. The fraction of sp³-hybridized carbons (Fsp3) is 0.400. The smallest absolute Gasteiger partial charge is 0.277 e. The molecule has 1 aromatic carbocycles. The minimum atomic E-state index is -0.608. The first-order chi connectivity index (χ1) is 14.1. The maximum absolute atomic E-state index is 11.3. The van der Waals surface area contributed by atoms with Gasteiger partial charge in [0.05, 0.1) is 16.6 Å². The van der Waals surface area contributed by atoms with Crippen LogP contribution >= 0.6 is 0 Å². The Morgan fingerprint density at radius 2 is 2.03 bits per heavy atom. The number of aromatic nitrogens is 4. The highest BCUT2D eigenvalue weighted by molar-refractivity contribution is 5.92. The van der Waals surface area contributed by atoms with E-state index in [1.165, 1.54) is 18.0 Å². The molecule has 0 unspecified atom stereocenters. The Hall–Kier alpha value is -3.04. The van der Waals surface area contributed by atoms with Crippen LogP contribution in [0.2, 0.25) is 0 Å². The third-order valence-electron chi connectivity index (χ3n) is 5.33. The number of benzene rings is 1. The average molecular weight is 395 g/mol. The van der Waals surface area contributed by atoms with E-state index in [4.69, 9.17) is 5.21 Å². The molecule has 1 aliphatic rings. The summed E-state index contributed by atoms with van der Waals surface area (Å²) in [5.41, 5.74) is 5.15. The quantitative estimate of drug-likeness (QED) is 0.371. The van der Waals surface area contributed by atoms with Gasteiger partial charge < -0.3 is 15.2 Å². The maximum atomic E-state index is 11.3. The van der Waals surface area contributed by atoms with Crippen LogP contribution in [0, 0.1) is 12.8 Å². The number of amides is 1. The zero-order valence-corrected chi connectivity index (χ0v) is 16.4. The van der Waals surface area contributed by atoms with Gasteiger partial charge in [0.2, 0.25) is 5.95 Å². The molecule has 4 N–H and O–H groups in total. The molecule has 0 aliphatic carbocycles. The molecular formula is C20H25N7O2. The van der Waals surface area contributed by atoms with E-state index < -0.39 is 5.91 Å². The molecule has 29 heavy (non-hydrogen) atoms. The van der Waals surface area contributed by atoms with Gasteiger partial charge in [0.15, 0.2) is 0 Å². The van der Waals surface area contributed by atoms with Crippen molar-refractivity contribution in [2.45, 2.75) is 26.3 Å². The number of carbonyl (C=O) groups is 1. The molecule has 152 valence electrons. The summed E-state index contributed by atoms with van der Waals surface area (Å²) >= 11 is 0. The molecular weight excluding hydrogens is 370 g/mol. The van der Waals surface area contributed by atoms with E-state index in [1.807, 2.05) is 6.92 Å². The van der Waals surface area contributed by atoms with Crippen molar-refractivity contribution in [3.05, 3.63) is 47.5 Å². The first-order valence-corrected chi connectivity index (χ1v) is 9.80. The molecule has 2 aromatic heterocycles. The molecule has 1 fully saturated rings. The number of nitrogens with zero attached hydrogens (tertiary/aromatic N) is 4. The van der Waals surface area contributed by atoms with Crippen LogP contribution in [0.3, 0.4) is 0 Å². The number of H-pyrrole nitrogens is 1. The van der Waals surface area contributed by atoms with E-state index in [-0.39, 0.29) is 5.56 Å². The molecule has 1 saturated heterocycles. The lowest BCUT2D eigenvalue weighted by atomic mass is 9.97. The molecule has 0 spiro atoms. The molecule has 3 aromatic rings. The SMILES string of the molecule is Cc1nc2ccc(CNCC3CCN(c4ncc(C(=O)NO)cn4)CC3)cc2[nH]1. The second-order valence-corrected chi connectivity index (χ2v) is 7.45. The summed E-state index contributed by atoms with van der Waals surface area (Å²) in [6.07, 6.45) is 4.99. The van der Waals surface area contributed by atoms with Crippen molar-refractivity contribution in [3.63, 3.8) is 0 Å². The number of nitrogens with one attached hydrogen (secondary N) is 3. The third kappa shape index (κ3) is 4.52. The van der Waals surface area contributed by atoms with E-state index in [0.29, 0.717) is 11.9 Å². The molecule has 9 nitrogen and oxygen atoms in total. The van der Waals surface area contributed by atoms with Crippen molar-refractivity contribution in [2.24, 2.45) is 5.92 Å². The molecule has 1 amide bonds. The highest BCUT2D eigenvalue weighted by atomic mass is 16.5. The van der Waals surface area contributed by atoms with Crippen molar-refractivity contribution in [2.75, 3.05) is 24.5 Å². The molecule has 3 heterocycles. The van der Waals surface area contributed by atoms with Gasteiger partial charge in [0.1, 0.15) is 5.82 Å². The van der Waals surface area contributed by atoms with Crippen LogP contribution in [0.15, 0.2) is 30.6 Å². The second kappa shape index (κ2) is 8.54. The predicted molar refractivity (Wildman–Crippen MR) is 109 cm³/mol. The van der Waals surface area contributed by atoms with E-state index in [2.05, 4.69) is 48.4 Å². The van der Waals surface area contributed by atoms with Crippen molar-refractivity contribution in [1.29, 1.82) is 0 Å². The fourth-order valence-electron chi connectivity index (χ4n) is 3.72. The fourth-order valence-corrected chi connectivity index (χ4v) is 3.72. The maximum Gasteiger partial charge on any atom is 0.277 e. The van der Waals surface area contributed by atoms with Gasteiger partial charge in [-0.3, -0.25) is 10.0 Å². The summed E-state index contributed by atoms with van der Waals surface area (Å²) in [4.78, 5) is 29.7. The van der Waals surface area contributed by atoms with Crippen molar-refractivity contribution in [1.82, 2.24) is 30.7 Å². The number of carbonyl (C=O) groups excluding carboxylic acids is 1. The van der Waals surface area contributed by atoms with Crippen molar-refractivity contribution < 1.29 is 10.0 Å². The summed E-state index contributed by atoms with van der Waals surface area (Å²) in [7, 11) is 0. The summed E-state index contributed by atoms with van der Waals surface area (Å²) < 4.78 is 0. The van der Waals surface area contributed by atoms with Crippen molar-refractivity contribution >= 4 is 22.9 Å². The summed E-state index contributed by atoms with van der Waals surface area (Å²) in [5.74, 6) is 1.56. The largest absolute Gasteiger partial charge is 0.342 e. The van der Waals surface area contributed by atoms with E-state index in [0.717, 1.165) is 55.9 Å². The zero-order chi connectivity index (χ0) is 20.2. The molecule has 0 saturated carbocycles. The number of hydrogen-bond acceptors (Lipinski definition) is 7. The number of hydroxylamine groups is 1. The highest BCUT2D eigenvalue weighted by Crippen LogP contribution is 2.20. The highest BCUT2D eigenvalue weighted by Gasteiger charge is 2.21. The van der Waals surface area contributed by atoms with Crippen LogP contribution in [-0.2, 0) is 6.54 Å². The predicted octanol–water partition coefficient (Wildman–Crippen LogP) is 1.79. The van der Waals surface area contributed by atoms with E-state index in [9.17, 15) is 4.79 Å². The Balaban J connectivity index is 1.23. The number of rotatable bonds is 6. The molecule has 4 rings (SSSR count). The van der Waals surface area contributed by atoms with Crippen LogP contribution in [0.4, 0.5) is 5.95 Å².